The molecule has 1 heterocycles. The van der Waals surface area contributed by atoms with E-state index in [0.29, 0.717) is 18.9 Å². The van der Waals surface area contributed by atoms with Gasteiger partial charge in [-0.05, 0) is 77.0 Å². The van der Waals surface area contributed by atoms with Gasteiger partial charge in [0.2, 0.25) is 0 Å². The molecule has 0 aliphatic heterocycles. The maximum Gasteiger partial charge on any atom is 0.162 e. The molecule has 0 saturated heterocycles. The lowest BCUT2D eigenvalue weighted by atomic mass is 9.78. The van der Waals surface area contributed by atoms with E-state index in [0.717, 1.165) is 36.6 Å². The fourth-order valence-electron chi connectivity index (χ4n) is 3.56. The Labute approximate surface area is 183 Å². The van der Waals surface area contributed by atoms with E-state index in [1.165, 1.54) is 0 Å². The Morgan fingerprint density at radius 2 is 1.59 bits per heavy atom. The summed E-state index contributed by atoms with van der Waals surface area (Å²) in [5.74, 6) is 1.28. The number of hydrogen-bond donors (Lipinski definition) is 1. The van der Waals surface area contributed by atoms with E-state index in [2.05, 4.69) is 70.4 Å². The number of hydrogen-bond acceptors (Lipinski definition) is 4. The molecule has 0 aliphatic rings. The summed E-state index contributed by atoms with van der Waals surface area (Å²) in [6.45, 7) is 16.1. The third-order valence-electron chi connectivity index (χ3n) is 5.08. The highest BCUT2D eigenvalue weighted by Gasteiger charge is 2.26. The minimum absolute atomic E-state index is 0.148. The van der Waals surface area contributed by atoms with E-state index >= 15 is 0 Å². The van der Waals surface area contributed by atoms with Crippen LogP contribution in [-0.4, -0.2) is 16.3 Å². The normalized spacial score (nSPS) is 12.5. The molecule has 0 atom stereocenters. The molecular weight excluding hydrogens is 398 g/mol. The van der Waals surface area contributed by atoms with Crippen molar-refractivity contribution in [2.75, 3.05) is 6.61 Å². The SMILES string of the molecule is CCOc1ccc2c(c1)sc(=S)n2Cc1cc(C(C)(C)C)c(O)c(C(C)(C)C)c1. The summed E-state index contributed by atoms with van der Waals surface area (Å²) >= 11 is 7.30. The number of ether oxygens (including phenoxy) is 1. The summed E-state index contributed by atoms with van der Waals surface area (Å²) in [5.41, 5.74) is 3.93. The zero-order valence-corrected chi connectivity index (χ0v) is 20.1. The zero-order chi connectivity index (χ0) is 21.6. The van der Waals surface area contributed by atoms with Crippen LogP contribution >= 0.6 is 23.6 Å². The number of thiazole rings is 1. The molecule has 0 amide bonds. The van der Waals surface area contributed by atoms with Gasteiger partial charge in [-0.2, -0.15) is 0 Å². The molecule has 3 rings (SSSR count). The smallest absolute Gasteiger partial charge is 0.162 e. The standard InChI is InChI=1S/C24H31NO2S2/c1-8-27-16-9-10-19-20(13-16)29-22(28)25(19)14-15-11-17(23(2,3)4)21(26)18(12-15)24(5,6)7/h9-13,26H,8,14H2,1-7H3. The summed E-state index contributed by atoms with van der Waals surface area (Å²) in [6, 6.07) is 10.4. The first-order valence-corrected chi connectivity index (χ1v) is 11.3. The van der Waals surface area contributed by atoms with Gasteiger partial charge in [0.25, 0.3) is 0 Å². The second kappa shape index (κ2) is 7.77. The van der Waals surface area contributed by atoms with Gasteiger partial charge in [0.1, 0.15) is 11.5 Å². The van der Waals surface area contributed by atoms with Crippen LogP contribution in [0.15, 0.2) is 30.3 Å². The third kappa shape index (κ3) is 4.51. The molecular formula is C24H31NO2S2. The number of phenols is 1. The second-order valence-corrected chi connectivity index (χ2v) is 11.2. The van der Waals surface area contributed by atoms with Crippen LogP contribution in [0, 0.1) is 3.95 Å². The zero-order valence-electron chi connectivity index (χ0n) is 18.4. The van der Waals surface area contributed by atoms with Crippen molar-refractivity contribution in [2.24, 2.45) is 0 Å². The van der Waals surface area contributed by atoms with E-state index in [-0.39, 0.29) is 10.8 Å². The molecule has 0 aliphatic carbocycles. The summed E-state index contributed by atoms with van der Waals surface area (Å²) in [4.78, 5) is 0. The number of aromatic nitrogens is 1. The molecule has 29 heavy (non-hydrogen) atoms. The van der Waals surface area contributed by atoms with Crippen LogP contribution in [0.3, 0.4) is 0 Å². The van der Waals surface area contributed by atoms with Crippen molar-refractivity contribution in [3.05, 3.63) is 51.0 Å². The molecule has 0 bridgehead atoms. The monoisotopic (exact) mass is 429 g/mol. The van der Waals surface area contributed by atoms with E-state index in [4.69, 9.17) is 17.0 Å². The topological polar surface area (TPSA) is 34.4 Å². The highest BCUT2D eigenvalue weighted by atomic mass is 32.1. The van der Waals surface area contributed by atoms with Crippen molar-refractivity contribution in [3.8, 4) is 11.5 Å². The third-order valence-corrected chi connectivity index (χ3v) is 6.49. The number of phenolic OH excluding ortho intramolecular Hbond substituents is 1. The van der Waals surface area contributed by atoms with Gasteiger partial charge in [-0.3, -0.25) is 0 Å². The van der Waals surface area contributed by atoms with Crippen LogP contribution < -0.4 is 4.74 Å². The van der Waals surface area contributed by atoms with Crippen molar-refractivity contribution >= 4 is 33.8 Å². The minimum atomic E-state index is -0.148. The van der Waals surface area contributed by atoms with Gasteiger partial charge in [-0.1, -0.05) is 41.5 Å². The van der Waals surface area contributed by atoms with E-state index in [1.807, 2.05) is 13.0 Å². The average molecular weight is 430 g/mol. The second-order valence-electron chi connectivity index (χ2n) is 9.56. The first-order valence-electron chi connectivity index (χ1n) is 10.0. The van der Waals surface area contributed by atoms with Crippen LogP contribution in [0.2, 0.25) is 0 Å². The maximum absolute atomic E-state index is 11.0. The van der Waals surface area contributed by atoms with Crippen molar-refractivity contribution in [1.29, 1.82) is 0 Å². The van der Waals surface area contributed by atoms with Crippen LogP contribution in [0.4, 0.5) is 0 Å². The molecule has 1 aromatic heterocycles. The fourth-order valence-corrected chi connectivity index (χ4v) is 4.92. The average Bonchev–Trinajstić information content (AvgIpc) is 2.89. The molecule has 3 nitrogen and oxygen atoms in total. The summed E-state index contributed by atoms with van der Waals surface area (Å²) in [7, 11) is 0. The van der Waals surface area contributed by atoms with Gasteiger partial charge >= 0.3 is 0 Å². The van der Waals surface area contributed by atoms with E-state index in [1.54, 1.807) is 11.3 Å². The summed E-state index contributed by atoms with van der Waals surface area (Å²) in [6.07, 6.45) is 0. The predicted molar refractivity (Wildman–Crippen MR) is 126 cm³/mol. The molecule has 0 spiro atoms. The number of rotatable bonds is 4. The maximum atomic E-state index is 11.0. The molecule has 0 saturated carbocycles. The van der Waals surface area contributed by atoms with Crippen LogP contribution in [0.25, 0.3) is 10.2 Å². The van der Waals surface area contributed by atoms with E-state index < -0.39 is 0 Å². The first-order chi connectivity index (χ1) is 13.4. The largest absolute Gasteiger partial charge is 0.507 e. The van der Waals surface area contributed by atoms with Gasteiger partial charge in [0, 0.05) is 6.54 Å². The van der Waals surface area contributed by atoms with Gasteiger partial charge < -0.3 is 14.4 Å². The predicted octanol–water partition coefficient (Wildman–Crippen LogP) is 7.18. The molecule has 3 aromatic rings. The van der Waals surface area contributed by atoms with Gasteiger partial charge in [-0.15, -0.1) is 11.3 Å². The molecule has 0 unspecified atom stereocenters. The Morgan fingerprint density at radius 1 is 1.00 bits per heavy atom. The Kier molecular flexibility index (Phi) is 5.85. The Bertz CT molecular complexity index is 1060. The van der Waals surface area contributed by atoms with Gasteiger partial charge in [-0.25, -0.2) is 0 Å². The highest BCUT2D eigenvalue weighted by Crippen LogP contribution is 2.40. The van der Waals surface area contributed by atoms with Crippen LogP contribution in [0.1, 0.15) is 65.2 Å². The Morgan fingerprint density at radius 3 is 2.10 bits per heavy atom. The highest BCUT2D eigenvalue weighted by molar-refractivity contribution is 7.73. The fraction of sp³-hybridized carbons (Fsp3) is 0.458. The van der Waals surface area contributed by atoms with Crippen molar-refractivity contribution in [3.63, 3.8) is 0 Å². The lowest BCUT2D eigenvalue weighted by molar-refractivity contribution is 0.341. The lowest BCUT2D eigenvalue weighted by Gasteiger charge is -2.28. The lowest BCUT2D eigenvalue weighted by Crippen LogP contribution is -2.18. The number of nitrogens with zero attached hydrogens (tertiary/aromatic N) is 1. The van der Waals surface area contributed by atoms with Crippen LogP contribution in [-0.2, 0) is 17.4 Å². The quantitative estimate of drug-likeness (QED) is 0.446. The number of fused-ring (bicyclic) bond motifs is 1. The molecule has 1 N–H and O–H groups in total. The summed E-state index contributed by atoms with van der Waals surface area (Å²) in [5, 5.41) is 11.0. The van der Waals surface area contributed by atoms with Crippen molar-refractivity contribution < 1.29 is 9.84 Å². The molecule has 0 radical (unpaired) electrons. The number of benzene rings is 2. The number of aromatic hydroxyl groups is 1. The van der Waals surface area contributed by atoms with Crippen LogP contribution in [0.5, 0.6) is 11.5 Å². The summed E-state index contributed by atoms with van der Waals surface area (Å²) < 4.78 is 9.79. The van der Waals surface area contributed by atoms with E-state index in [9.17, 15) is 5.11 Å². The van der Waals surface area contributed by atoms with Crippen molar-refractivity contribution in [1.82, 2.24) is 4.57 Å². The molecule has 0 fully saturated rings. The Hall–Kier alpha value is -1.85. The van der Waals surface area contributed by atoms with Gasteiger partial charge in [0.15, 0.2) is 3.95 Å². The Balaban J connectivity index is 2.13. The van der Waals surface area contributed by atoms with Crippen molar-refractivity contribution in [2.45, 2.75) is 65.8 Å². The molecule has 156 valence electrons. The minimum Gasteiger partial charge on any atom is -0.507 e. The molecule has 2 aromatic carbocycles. The first kappa shape index (κ1) is 21.8. The van der Waals surface area contributed by atoms with Gasteiger partial charge in [0.05, 0.1) is 16.8 Å². The molecule has 5 heteroatoms.